The third-order valence-corrected chi connectivity index (χ3v) is 4.15. The van der Waals surface area contributed by atoms with Crippen LogP contribution in [0.1, 0.15) is 59.3 Å². The van der Waals surface area contributed by atoms with Crippen molar-refractivity contribution in [3.63, 3.8) is 0 Å². The maximum atomic E-state index is 9.51. The first-order valence-corrected chi connectivity index (χ1v) is 7.92. The van der Waals surface area contributed by atoms with E-state index in [-0.39, 0.29) is 17.7 Å². The predicted octanol–water partition coefficient (Wildman–Crippen LogP) is 2.49. The molecule has 1 aliphatic rings. The zero-order valence-corrected chi connectivity index (χ0v) is 13.7. The van der Waals surface area contributed by atoms with Crippen molar-refractivity contribution in [1.29, 1.82) is 0 Å². The number of methoxy groups -OCH3 is 1. The van der Waals surface area contributed by atoms with E-state index in [4.69, 9.17) is 9.47 Å². The average Bonchev–Trinajstić information content (AvgIpc) is 3.21. The molecule has 0 aromatic heterocycles. The normalized spacial score (nSPS) is 19.1. The summed E-state index contributed by atoms with van der Waals surface area (Å²) in [5.41, 5.74) is -0.206. The zero-order valence-electron chi connectivity index (χ0n) is 13.7. The van der Waals surface area contributed by atoms with Crippen LogP contribution in [-0.4, -0.2) is 49.2 Å². The molecule has 0 spiro atoms. The van der Waals surface area contributed by atoms with Gasteiger partial charge in [0.15, 0.2) is 0 Å². The van der Waals surface area contributed by atoms with Gasteiger partial charge < -0.3 is 19.9 Å². The Hall–Kier alpha value is -0.160. The highest BCUT2D eigenvalue weighted by molar-refractivity contribution is 4.92. The summed E-state index contributed by atoms with van der Waals surface area (Å²) in [7, 11) is 1.74. The van der Waals surface area contributed by atoms with Crippen molar-refractivity contribution in [2.45, 2.75) is 76.5 Å². The van der Waals surface area contributed by atoms with Gasteiger partial charge in [0.05, 0.1) is 12.2 Å². The van der Waals surface area contributed by atoms with Gasteiger partial charge in [0.1, 0.15) is 0 Å². The maximum absolute atomic E-state index is 9.51. The molecule has 0 aromatic rings. The SMILES string of the molecule is COC(C)(C)CCOCCCCC(C)(CO)NC1CC1. The lowest BCUT2D eigenvalue weighted by molar-refractivity contribution is -0.0103. The van der Waals surface area contributed by atoms with Crippen LogP contribution in [-0.2, 0) is 9.47 Å². The smallest absolute Gasteiger partial charge is 0.0644 e. The predicted molar refractivity (Wildman–Crippen MR) is 82.0 cm³/mol. The molecule has 1 aliphatic carbocycles. The third kappa shape index (κ3) is 7.58. The van der Waals surface area contributed by atoms with Crippen molar-refractivity contribution in [2.24, 2.45) is 0 Å². The van der Waals surface area contributed by atoms with E-state index < -0.39 is 0 Å². The van der Waals surface area contributed by atoms with Gasteiger partial charge in [0.2, 0.25) is 0 Å². The van der Waals surface area contributed by atoms with Crippen LogP contribution in [0.2, 0.25) is 0 Å². The quantitative estimate of drug-likeness (QED) is 0.542. The van der Waals surface area contributed by atoms with E-state index in [2.05, 4.69) is 26.1 Å². The van der Waals surface area contributed by atoms with Gasteiger partial charge in [-0.1, -0.05) is 0 Å². The van der Waals surface area contributed by atoms with Gasteiger partial charge in [-0.25, -0.2) is 0 Å². The van der Waals surface area contributed by atoms with Crippen LogP contribution in [0.4, 0.5) is 0 Å². The molecule has 120 valence electrons. The number of nitrogens with one attached hydrogen (secondary N) is 1. The van der Waals surface area contributed by atoms with Crippen molar-refractivity contribution >= 4 is 0 Å². The Morgan fingerprint density at radius 3 is 2.35 bits per heavy atom. The molecule has 4 nitrogen and oxygen atoms in total. The van der Waals surface area contributed by atoms with E-state index in [9.17, 15) is 5.11 Å². The molecule has 2 N–H and O–H groups in total. The number of hydrogen-bond acceptors (Lipinski definition) is 4. The molecule has 0 heterocycles. The molecule has 1 saturated carbocycles. The summed E-state index contributed by atoms with van der Waals surface area (Å²) in [6.45, 7) is 8.03. The van der Waals surface area contributed by atoms with Gasteiger partial charge in [-0.3, -0.25) is 0 Å². The van der Waals surface area contributed by atoms with Gasteiger partial charge >= 0.3 is 0 Å². The Balaban J connectivity index is 2.00. The number of hydrogen-bond donors (Lipinski definition) is 2. The lowest BCUT2D eigenvalue weighted by atomic mass is 9.95. The van der Waals surface area contributed by atoms with Crippen LogP contribution in [0.5, 0.6) is 0 Å². The van der Waals surface area contributed by atoms with Gasteiger partial charge in [-0.2, -0.15) is 0 Å². The Kier molecular flexibility index (Phi) is 7.45. The highest BCUT2D eigenvalue weighted by atomic mass is 16.5. The molecule has 1 atom stereocenters. The lowest BCUT2D eigenvalue weighted by Gasteiger charge is -2.29. The zero-order chi connectivity index (χ0) is 15.1. The first-order chi connectivity index (χ1) is 9.41. The van der Waals surface area contributed by atoms with Crippen LogP contribution >= 0.6 is 0 Å². The summed E-state index contributed by atoms with van der Waals surface area (Å²) < 4.78 is 11.0. The molecule has 1 fully saturated rings. The maximum Gasteiger partial charge on any atom is 0.0644 e. The van der Waals surface area contributed by atoms with Crippen LogP contribution in [0.15, 0.2) is 0 Å². The second kappa shape index (κ2) is 8.32. The highest BCUT2D eigenvalue weighted by Crippen LogP contribution is 2.24. The molecule has 4 heteroatoms. The number of rotatable bonds is 12. The highest BCUT2D eigenvalue weighted by Gasteiger charge is 2.31. The molecule has 0 aromatic carbocycles. The summed E-state index contributed by atoms with van der Waals surface area (Å²) in [5.74, 6) is 0. The van der Waals surface area contributed by atoms with E-state index in [0.29, 0.717) is 6.04 Å². The third-order valence-electron chi connectivity index (χ3n) is 4.15. The second-order valence-electron chi connectivity index (χ2n) is 6.92. The van der Waals surface area contributed by atoms with E-state index >= 15 is 0 Å². The number of aliphatic hydroxyl groups excluding tert-OH is 1. The second-order valence-corrected chi connectivity index (χ2v) is 6.92. The molecule has 1 rings (SSSR count). The minimum Gasteiger partial charge on any atom is -0.394 e. The molecule has 0 bridgehead atoms. The number of aliphatic hydroxyl groups is 1. The fraction of sp³-hybridized carbons (Fsp3) is 1.00. The Morgan fingerprint density at radius 1 is 1.10 bits per heavy atom. The van der Waals surface area contributed by atoms with Crippen molar-refractivity contribution in [2.75, 3.05) is 26.9 Å². The molecule has 20 heavy (non-hydrogen) atoms. The molecular formula is C16H33NO3. The molecule has 0 radical (unpaired) electrons. The van der Waals surface area contributed by atoms with E-state index in [1.165, 1.54) is 12.8 Å². The lowest BCUT2D eigenvalue weighted by Crippen LogP contribution is -2.46. The molecule has 0 aliphatic heterocycles. The topological polar surface area (TPSA) is 50.7 Å². The van der Waals surface area contributed by atoms with Gasteiger partial charge in [0, 0.05) is 31.9 Å². The van der Waals surface area contributed by atoms with Crippen molar-refractivity contribution < 1.29 is 14.6 Å². The standard InChI is InChI=1S/C16H33NO3/c1-15(2,19-4)10-12-20-11-6-5-9-16(3,13-18)17-14-7-8-14/h14,17-18H,5-13H2,1-4H3. The van der Waals surface area contributed by atoms with Crippen molar-refractivity contribution in [3.05, 3.63) is 0 Å². The van der Waals surface area contributed by atoms with Crippen LogP contribution in [0.3, 0.4) is 0 Å². The fourth-order valence-electron chi connectivity index (χ4n) is 2.16. The minimum atomic E-state index is -0.112. The van der Waals surface area contributed by atoms with Gasteiger partial charge in [-0.15, -0.1) is 0 Å². The van der Waals surface area contributed by atoms with E-state index in [0.717, 1.165) is 38.9 Å². The Bertz CT molecular complexity index is 266. The fourth-order valence-corrected chi connectivity index (χ4v) is 2.16. The van der Waals surface area contributed by atoms with E-state index in [1.54, 1.807) is 7.11 Å². The van der Waals surface area contributed by atoms with Gasteiger partial charge in [0.25, 0.3) is 0 Å². The van der Waals surface area contributed by atoms with Crippen LogP contribution < -0.4 is 5.32 Å². The number of unbranched alkanes of at least 4 members (excludes halogenated alkanes) is 1. The monoisotopic (exact) mass is 287 g/mol. The van der Waals surface area contributed by atoms with Crippen LogP contribution in [0, 0.1) is 0 Å². The van der Waals surface area contributed by atoms with Crippen molar-refractivity contribution in [3.8, 4) is 0 Å². The van der Waals surface area contributed by atoms with Gasteiger partial charge in [-0.05, 0) is 59.3 Å². The van der Waals surface area contributed by atoms with E-state index in [1.807, 2.05) is 0 Å². The summed E-state index contributed by atoms with van der Waals surface area (Å²) >= 11 is 0. The Morgan fingerprint density at radius 2 is 1.80 bits per heavy atom. The number of ether oxygens (including phenoxy) is 2. The first kappa shape index (κ1) is 17.9. The summed E-state index contributed by atoms with van der Waals surface area (Å²) in [5, 5.41) is 13.1. The van der Waals surface area contributed by atoms with Crippen LogP contribution in [0.25, 0.3) is 0 Å². The minimum absolute atomic E-state index is 0.0936. The Labute approximate surface area is 124 Å². The molecule has 0 saturated heterocycles. The summed E-state index contributed by atoms with van der Waals surface area (Å²) in [6, 6.07) is 0.639. The largest absolute Gasteiger partial charge is 0.394 e. The molecule has 1 unspecified atom stereocenters. The summed E-state index contributed by atoms with van der Waals surface area (Å²) in [6.07, 6.45) is 6.58. The van der Waals surface area contributed by atoms with Crippen molar-refractivity contribution in [1.82, 2.24) is 5.32 Å². The average molecular weight is 287 g/mol. The molecular weight excluding hydrogens is 254 g/mol. The molecule has 0 amide bonds. The summed E-state index contributed by atoms with van der Waals surface area (Å²) in [4.78, 5) is 0. The first-order valence-electron chi connectivity index (χ1n) is 7.92.